The van der Waals surface area contributed by atoms with E-state index in [0.717, 1.165) is 64.6 Å². The molecular formula is C13H26ClNO3. The van der Waals surface area contributed by atoms with E-state index in [-0.39, 0.29) is 12.4 Å². The Morgan fingerprint density at radius 1 is 1.11 bits per heavy atom. The Balaban J connectivity index is 0.00000289. The molecule has 0 aliphatic carbocycles. The second kappa shape index (κ2) is 11.8. The molecule has 18 heavy (non-hydrogen) atoms. The highest BCUT2D eigenvalue weighted by molar-refractivity contribution is 5.85. The van der Waals surface area contributed by atoms with Gasteiger partial charge >= 0.3 is 5.97 Å². The van der Waals surface area contributed by atoms with Crippen LogP contribution in [0.5, 0.6) is 0 Å². The topological polar surface area (TPSA) is 58.6 Å². The standard InChI is InChI=1S/C13H25NO3.ClH/c15-13(16)6-4-2-1-3-5-11-17-12-7-9-14-10-8-12;/h12,14H,1-11H2,(H,15,16);1H. The number of aliphatic carboxylic acids is 1. The molecule has 2 N–H and O–H groups in total. The summed E-state index contributed by atoms with van der Waals surface area (Å²) in [4.78, 5) is 10.3. The molecule has 1 rings (SSSR count). The predicted molar refractivity (Wildman–Crippen MR) is 74.4 cm³/mol. The van der Waals surface area contributed by atoms with Gasteiger partial charge in [0.2, 0.25) is 0 Å². The largest absolute Gasteiger partial charge is 0.481 e. The normalized spacial score (nSPS) is 16.2. The summed E-state index contributed by atoms with van der Waals surface area (Å²) in [5.41, 5.74) is 0. The summed E-state index contributed by atoms with van der Waals surface area (Å²) in [5.74, 6) is -0.681. The van der Waals surface area contributed by atoms with Crippen LogP contribution < -0.4 is 5.32 Å². The highest BCUT2D eigenvalue weighted by atomic mass is 35.5. The summed E-state index contributed by atoms with van der Waals surface area (Å²) in [6.45, 7) is 3.03. The first kappa shape index (κ1) is 17.7. The van der Waals surface area contributed by atoms with Crippen molar-refractivity contribution in [2.45, 2.75) is 57.5 Å². The Bertz CT molecular complexity index is 208. The number of halogens is 1. The molecule has 1 heterocycles. The van der Waals surface area contributed by atoms with Crippen LogP contribution in [0.2, 0.25) is 0 Å². The highest BCUT2D eigenvalue weighted by Gasteiger charge is 2.12. The number of carboxylic acids is 1. The van der Waals surface area contributed by atoms with Gasteiger partial charge in [0.15, 0.2) is 0 Å². The zero-order valence-electron chi connectivity index (χ0n) is 11.0. The summed E-state index contributed by atoms with van der Waals surface area (Å²) < 4.78 is 5.79. The molecule has 0 bridgehead atoms. The molecule has 1 fully saturated rings. The summed E-state index contributed by atoms with van der Waals surface area (Å²) >= 11 is 0. The molecule has 0 aromatic heterocycles. The number of carbonyl (C=O) groups is 1. The van der Waals surface area contributed by atoms with Gasteiger partial charge in [-0.2, -0.15) is 0 Å². The zero-order valence-corrected chi connectivity index (χ0v) is 11.8. The van der Waals surface area contributed by atoms with Gasteiger partial charge in [-0.25, -0.2) is 0 Å². The third kappa shape index (κ3) is 9.68. The minimum Gasteiger partial charge on any atom is -0.481 e. The molecule has 0 amide bonds. The first-order valence-corrected chi connectivity index (χ1v) is 6.83. The van der Waals surface area contributed by atoms with Crippen molar-refractivity contribution in [3.05, 3.63) is 0 Å². The van der Waals surface area contributed by atoms with Crippen LogP contribution in [0.25, 0.3) is 0 Å². The van der Waals surface area contributed by atoms with Gasteiger partial charge in [-0.3, -0.25) is 4.79 Å². The smallest absolute Gasteiger partial charge is 0.303 e. The fourth-order valence-corrected chi connectivity index (χ4v) is 2.12. The summed E-state index contributed by atoms with van der Waals surface area (Å²) in [6.07, 6.45) is 8.28. The van der Waals surface area contributed by atoms with E-state index in [1.54, 1.807) is 0 Å². The lowest BCUT2D eigenvalue weighted by Crippen LogP contribution is -2.32. The lowest BCUT2D eigenvalue weighted by Gasteiger charge is -2.22. The van der Waals surface area contributed by atoms with Crippen molar-refractivity contribution in [3.63, 3.8) is 0 Å². The molecule has 0 aromatic rings. The van der Waals surface area contributed by atoms with Gasteiger partial charge < -0.3 is 15.2 Å². The first-order valence-electron chi connectivity index (χ1n) is 6.83. The fourth-order valence-electron chi connectivity index (χ4n) is 2.12. The minimum absolute atomic E-state index is 0. The first-order chi connectivity index (χ1) is 8.29. The predicted octanol–water partition coefficient (Wildman–Crippen LogP) is 2.60. The van der Waals surface area contributed by atoms with Crippen molar-refractivity contribution in [2.75, 3.05) is 19.7 Å². The number of hydrogen-bond acceptors (Lipinski definition) is 3. The number of ether oxygens (including phenoxy) is 1. The molecule has 5 heteroatoms. The molecule has 108 valence electrons. The second-order valence-corrected chi connectivity index (χ2v) is 4.73. The summed E-state index contributed by atoms with van der Waals surface area (Å²) in [6, 6.07) is 0. The number of carboxylic acid groups (broad SMARTS) is 1. The quantitative estimate of drug-likeness (QED) is 0.637. The van der Waals surface area contributed by atoms with Crippen molar-refractivity contribution >= 4 is 18.4 Å². The van der Waals surface area contributed by atoms with Crippen molar-refractivity contribution in [1.82, 2.24) is 5.32 Å². The maximum atomic E-state index is 10.3. The van der Waals surface area contributed by atoms with Crippen LogP contribution >= 0.6 is 12.4 Å². The Hall–Kier alpha value is -0.320. The maximum absolute atomic E-state index is 10.3. The minimum atomic E-state index is -0.681. The number of nitrogens with one attached hydrogen (secondary N) is 1. The third-order valence-corrected chi connectivity index (χ3v) is 3.17. The molecule has 4 nitrogen and oxygen atoms in total. The van der Waals surface area contributed by atoms with E-state index in [2.05, 4.69) is 5.32 Å². The molecule has 1 aliphatic heterocycles. The summed E-state index contributed by atoms with van der Waals surface area (Å²) in [7, 11) is 0. The van der Waals surface area contributed by atoms with Crippen LogP contribution in [0.15, 0.2) is 0 Å². The molecule has 1 saturated heterocycles. The molecule has 0 radical (unpaired) electrons. The number of unbranched alkanes of at least 4 members (excludes halogenated alkanes) is 4. The van der Waals surface area contributed by atoms with Gasteiger partial charge in [-0.15, -0.1) is 12.4 Å². The van der Waals surface area contributed by atoms with Crippen LogP contribution in [-0.2, 0) is 9.53 Å². The second-order valence-electron chi connectivity index (χ2n) is 4.73. The van der Waals surface area contributed by atoms with E-state index < -0.39 is 5.97 Å². The Morgan fingerprint density at radius 2 is 1.72 bits per heavy atom. The van der Waals surface area contributed by atoms with Gasteiger partial charge in [-0.1, -0.05) is 19.3 Å². The van der Waals surface area contributed by atoms with Crippen LogP contribution in [0.1, 0.15) is 51.4 Å². The van der Waals surface area contributed by atoms with Crippen LogP contribution in [0.3, 0.4) is 0 Å². The molecule has 0 saturated carbocycles. The SMILES string of the molecule is Cl.O=C(O)CCCCCCCOC1CCNCC1. The van der Waals surface area contributed by atoms with Crippen molar-refractivity contribution in [3.8, 4) is 0 Å². The van der Waals surface area contributed by atoms with Gasteiger partial charge in [0, 0.05) is 13.0 Å². The Kier molecular flexibility index (Phi) is 11.5. The molecular weight excluding hydrogens is 254 g/mol. The Morgan fingerprint density at radius 3 is 2.39 bits per heavy atom. The number of rotatable bonds is 9. The van der Waals surface area contributed by atoms with Gasteiger partial charge in [0.25, 0.3) is 0 Å². The molecule has 0 atom stereocenters. The lowest BCUT2D eigenvalue weighted by molar-refractivity contribution is -0.137. The van der Waals surface area contributed by atoms with Crippen molar-refractivity contribution in [1.29, 1.82) is 0 Å². The lowest BCUT2D eigenvalue weighted by atomic mass is 10.1. The third-order valence-electron chi connectivity index (χ3n) is 3.17. The molecule has 1 aliphatic rings. The van der Waals surface area contributed by atoms with Crippen LogP contribution in [0, 0.1) is 0 Å². The van der Waals surface area contributed by atoms with E-state index in [1.165, 1.54) is 0 Å². The van der Waals surface area contributed by atoms with E-state index in [1.807, 2.05) is 0 Å². The van der Waals surface area contributed by atoms with Crippen LogP contribution in [0.4, 0.5) is 0 Å². The number of hydrogen-bond donors (Lipinski definition) is 2. The van der Waals surface area contributed by atoms with E-state index >= 15 is 0 Å². The molecule has 0 aromatic carbocycles. The number of piperidine rings is 1. The fraction of sp³-hybridized carbons (Fsp3) is 0.923. The van der Waals surface area contributed by atoms with Crippen molar-refractivity contribution in [2.24, 2.45) is 0 Å². The van der Waals surface area contributed by atoms with E-state index in [0.29, 0.717) is 12.5 Å². The van der Waals surface area contributed by atoms with E-state index in [4.69, 9.17) is 9.84 Å². The van der Waals surface area contributed by atoms with Crippen LogP contribution in [-0.4, -0.2) is 36.9 Å². The molecule has 0 unspecified atom stereocenters. The highest BCUT2D eigenvalue weighted by Crippen LogP contribution is 2.10. The van der Waals surface area contributed by atoms with Gasteiger partial charge in [0.1, 0.15) is 0 Å². The van der Waals surface area contributed by atoms with E-state index in [9.17, 15) is 4.79 Å². The maximum Gasteiger partial charge on any atom is 0.303 e. The zero-order chi connectivity index (χ0) is 12.3. The van der Waals surface area contributed by atoms with Gasteiger partial charge in [0.05, 0.1) is 6.10 Å². The van der Waals surface area contributed by atoms with Crippen molar-refractivity contribution < 1.29 is 14.6 Å². The average Bonchev–Trinajstić information content (AvgIpc) is 2.33. The molecule has 0 spiro atoms. The monoisotopic (exact) mass is 279 g/mol. The van der Waals surface area contributed by atoms with Gasteiger partial charge in [-0.05, 0) is 38.8 Å². The summed E-state index contributed by atoms with van der Waals surface area (Å²) in [5, 5.41) is 11.8. The average molecular weight is 280 g/mol. The Labute approximate surface area is 116 Å².